The van der Waals surface area contributed by atoms with Crippen LogP contribution in [-0.2, 0) is 21.2 Å². The number of hydrogen-bond acceptors (Lipinski definition) is 6. The van der Waals surface area contributed by atoms with Crippen molar-refractivity contribution in [2.45, 2.75) is 24.2 Å². The molecule has 0 amide bonds. The summed E-state index contributed by atoms with van der Waals surface area (Å²) in [6.45, 7) is 1.56. The monoisotopic (exact) mass is 331 g/mol. The zero-order chi connectivity index (χ0) is 16.3. The second-order valence-corrected chi connectivity index (χ2v) is 6.25. The van der Waals surface area contributed by atoms with E-state index in [9.17, 15) is 22.0 Å². The van der Waals surface area contributed by atoms with Crippen molar-refractivity contribution >= 4 is 15.8 Å². The first-order valence-electron chi connectivity index (χ1n) is 6.02. The molecule has 0 saturated heterocycles. The molecule has 0 atom stereocenters. The number of sulfone groups is 1. The number of alkyl halides is 2. The quantitative estimate of drug-likeness (QED) is 0.782. The first-order valence-corrected chi connectivity index (χ1v) is 7.57. The molecule has 9 heteroatoms. The highest BCUT2D eigenvalue weighted by atomic mass is 32.2. The van der Waals surface area contributed by atoms with E-state index in [4.69, 9.17) is 9.26 Å². The summed E-state index contributed by atoms with van der Waals surface area (Å²) in [5.74, 6) is -3.69. The van der Waals surface area contributed by atoms with Crippen LogP contribution in [0.25, 0.3) is 0 Å². The topological polar surface area (TPSA) is 86.5 Å². The zero-order valence-corrected chi connectivity index (χ0v) is 12.1. The third-order valence-electron chi connectivity index (χ3n) is 2.68. The van der Waals surface area contributed by atoms with E-state index in [2.05, 4.69) is 5.16 Å². The Labute approximate surface area is 124 Å². The van der Waals surface area contributed by atoms with Crippen molar-refractivity contribution in [3.8, 4) is 0 Å². The highest BCUT2D eigenvalue weighted by Crippen LogP contribution is 2.19. The van der Waals surface area contributed by atoms with Gasteiger partial charge in [0.2, 0.25) is 9.84 Å². The normalized spacial score (nSPS) is 11.6. The van der Waals surface area contributed by atoms with Gasteiger partial charge in [0.05, 0.1) is 10.5 Å². The Balaban J connectivity index is 2.05. The van der Waals surface area contributed by atoms with Crippen LogP contribution in [0.2, 0.25) is 0 Å². The molecule has 2 rings (SSSR count). The molecule has 0 unspecified atom stereocenters. The smallest absolute Gasteiger partial charge is 0.341 e. The van der Waals surface area contributed by atoms with Crippen molar-refractivity contribution in [1.29, 1.82) is 0 Å². The lowest BCUT2D eigenvalue weighted by Gasteiger charge is -2.05. The first-order chi connectivity index (χ1) is 10.3. The molecule has 0 aliphatic heterocycles. The number of benzene rings is 1. The zero-order valence-electron chi connectivity index (χ0n) is 11.3. The second-order valence-electron chi connectivity index (χ2n) is 4.34. The first kappa shape index (κ1) is 16.1. The average molecular weight is 331 g/mol. The van der Waals surface area contributed by atoms with Crippen molar-refractivity contribution in [3.63, 3.8) is 0 Å². The standard InChI is InChI=1S/C13H11F2NO5S/c1-8-6-10(16-21-8)7-20-12(17)9-2-4-11(5-3-9)22(18,19)13(14)15/h2-6,13H,7H2,1H3. The lowest BCUT2D eigenvalue weighted by molar-refractivity contribution is 0.0464. The molecule has 0 N–H and O–H groups in total. The number of carbonyl (C=O) groups excluding carboxylic acids is 1. The van der Waals surface area contributed by atoms with E-state index in [1.807, 2.05) is 0 Å². The Morgan fingerprint density at radius 2 is 1.95 bits per heavy atom. The van der Waals surface area contributed by atoms with Crippen LogP contribution in [0.15, 0.2) is 39.8 Å². The minimum Gasteiger partial charge on any atom is -0.455 e. The van der Waals surface area contributed by atoms with Crippen molar-refractivity contribution in [2.24, 2.45) is 0 Å². The minimum absolute atomic E-state index is 0.0356. The Morgan fingerprint density at radius 1 is 1.32 bits per heavy atom. The molecule has 118 valence electrons. The van der Waals surface area contributed by atoms with Gasteiger partial charge in [-0.05, 0) is 31.2 Å². The number of ether oxygens (including phenoxy) is 1. The van der Waals surface area contributed by atoms with Crippen LogP contribution in [0, 0.1) is 6.92 Å². The van der Waals surface area contributed by atoms with Crippen LogP contribution in [-0.4, -0.2) is 25.3 Å². The van der Waals surface area contributed by atoms with Gasteiger partial charge in [-0.15, -0.1) is 0 Å². The minimum atomic E-state index is -4.68. The van der Waals surface area contributed by atoms with Crippen LogP contribution < -0.4 is 0 Å². The summed E-state index contributed by atoms with van der Waals surface area (Å²) in [5, 5.41) is 3.63. The molecule has 2 aromatic rings. The van der Waals surface area contributed by atoms with Gasteiger partial charge in [0.1, 0.15) is 18.1 Å². The summed E-state index contributed by atoms with van der Waals surface area (Å²) < 4.78 is 57.0. The Kier molecular flexibility index (Phi) is 4.55. The van der Waals surface area contributed by atoms with E-state index in [0.29, 0.717) is 11.5 Å². The van der Waals surface area contributed by atoms with Crippen LogP contribution in [0.1, 0.15) is 21.8 Å². The molecule has 1 aromatic heterocycles. The number of hydrogen-bond donors (Lipinski definition) is 0. The highest BCUT2D eigenvalue weighted by Gasteiger charge is 2.26. The SMILES string of the molecule is Cc1cc(COC(=O)c2ccc(S(=O)(=O)C(F)F)cc2)no1. The van der Waals surface area contributed by atoms with E-state index >= 15 is 0 Å². The fraction of sp³-hybridized carbons (Fsp3) is 0.231. The molecule has 0 aliphatic rings. The lowest BCUT2D eigenvalue weighted by Crippen LogP contribution is -2.12. The van der Waals surface area contributed by atoms with Gasteiger partial charge in [-0.1, -0.05) is 5.16 Å². The number of aromatic nitrogens is 1. The van der Waals surface area contributed by atoms with Crippen LogP contribution >= 0.6 is 0 Å². The van der Waals surface area contributed by atoms with Gasteiger partial charge in [-0.2, -0.15) is 8.78 Å². The summed E-state index contributed by atoms with van der Waals surface area (Å²) in [6.07, 6.45) is 0. The summed E-state index contributed by atoms with van der Waals surface area (Å²) in [7, 11) is -4.68. The fourth-order valence-corrected chi connectivity index (χ4v) is 2.31. The maximum Gasteiger partial charge on any atom is 0.341 e. The van der Waals surface area contributed by atoms with E-state index in [-0.39, 0.29) is 12.2 Å². The molecular formula is C13H11F2NO5S. The second kappa shape index (κ2) is 6.22. The molecule has 0 spiro atoms. The van der Waals surface area contributed by atoms with Gasteiger partial charge in [0.25, 0.3) is 0 Å². The molecule has 22 heavy (non-hydrogen) atoms. The Bertz CT molecular complexity index is 768. The van der Waals surface area contributed by atoms with Crippen molar-refractivity contribution < 1.29 is 31.3 Å². The number of rotatable bonds is 5. The van der Waals surface area contributed by atoms with E-state index in [1.54, 1.807) is 13.0 Å². The highest BCUT2D eigenvalue weighted by molar-refractivity contribution is 7.91. The number of carbonyl (C=O) groups is 1. The summed E-state index contributed by atoms with van der Waals surface area (Å²) in [5.41, 5.74) is 0.455. The number of aryl methyl sites for hydroxylation is 1. The van der Waals surface area contributed by atoms with Gasteiger partial charge in [0.15, 0.2) is 0 Å². The molecule has 0 aliphatic carbocycles. The molecular weight excluding hydrogens is 320 g/mol. The van der Waals surface area contributed by atoms with Crippen LogP contribution in [0.4, 0.5) is 8.78 Å². The average Bonchev–Trinajstić information content (AvgIpc) is 2.90. The predicted molar refractivity (Wildman–Crippen MR) is 70.0 cm³/mol. The predicted octanol–water partition coefficient (Wildman–Crippen LogP) is 2.34. The molecule has 0 saturated carbocycles. The third kappa shape index (κ3) is 3.48. The van der Waals surface area contributed by atoms with E-state index < -0.39 is 26.5 Å². The number of nitrogens with zero attached hydrogens (tertiary/aromatic N) is 1. The van der Waals surface area contributed by atoms with E-state index in [1.165, 1.54) is 0 Å². The molecule has 0 fully saturated rings. The summed E-state index contributed by atoms with van der Waals surface area (Å²) >= 11 is 0. The molecule has 1 aromatic carbocycles. The summed E-state index contributed by atoms with van der Waals surface area (Å²) in [6, 6.07) is 5.65. The third-order valence-corrected chi connectivity index (χ3v) is 4.08. The van der Waals surface area contributed by atoms with Gasteiger partial charge >= 0.3 is 11.7 Å². The number of esters is 1. The largest absolute Gasteiger partial charge is 0.455 e. The van der Waals surface area contributed by atoms with Crippen LogP contribution in [0.5, 0.6) is 0 Å². The van der Waals surface area contributed by atoms with Gasteiger partial charge in [0, 0.05) is 6.07 Å². The Hall–Kier alpha value is -2.29. The van der Waals surface area contributed by atoms with Crippen molar-refractivity contribution in [2.75, 3.05) is 0 Å². The summed E-state index contributed by atoms with van der Waals surface area (Å²) in [4.78, 5) is 11.2. The molecule has 6 nitrogen and oxygen atoms in total. The molecule has 0 radical (unpaired) electrons. The van der Waals surface area contributed by atoms with E-state index in [0.717, 1.165) is 24.3 Å². The van der Waals surface area contributed by atoms with Crippen molar-refractivity contribution in [3.05, 3.63) is 47.3 Å². The fourth-order valence-electron chi connectivity index (χ4n) is 1.59. The van der Waals surface area contributed by atoms with Gasteiger partial charge in [-0.3, -0.25) is 0 Å². The van der Waals surface area contributed by atoms with Gasteiger partial charge < -0.3 is 9.26 Å². The molecule has 1 heterocycles. The Morgan fingerprint density at radius 3 is 2.45 bits per heavy atom. The van der Waals surface area contributed by atoms with Crippen molar-refractivity contribution in [1.82, 2.24) is 5.16 Å². The van der Waals surface area contributed by atoms with Crippen LogP contribution in [0.3, 0.4) is 0 Å². The van der Waals surface area contributed by atoms with Gasteiger partial charge in [-0.25, -0.2) is 13.2 Å². The lowest BCUT2D eigenvalue weighted by atomic mass is 10.2. The number of halogens is 2. The maximum absolute atomic E-state index is 12.4. The maximum atomic E-state index is 12.4. The molecule has 0 bridgehead atoms.